The maximum atomic E-state index is 5.71. The van der Waals surface area contributed by atoms with E-state index in [9.17, 15) is 0 Å². The molecule has 21 heavy (non-hydrogen) atoms. The van der Waals surface area contributed by atoms with Crippen molar-refractivity contribution in [3.63, 3.8) is 0 Å². The highest BCUT2D eigenvalue weighted by molar-refractivity contribution is 5.39. The third kappa shape index (κ3) is 5.08. The number of nitrogens with one attached hydrogen (secondary N) is 1. The van der Waals surface area contributed by atoms with Crippen molar-refractivity contribution in [3.05, 3.63) is 48.7 Å². The summed E-state index contributed by atoms with van der Waals surface area (Å²) < 4.78 is 5.71. The zero-order valence-corrected chi connectivity index (χ0v) is 12.7. The molecule has 4 nitrogen and oxygen atoms in total. The van der Waals surface area contributed by atoms with Gasteiger partial charge in [-0.05, 0) is 37.4 Å². The number of hydrogen-bond donors (Lipinski definition) is 1. The van der Waals surface area contributed by atoms with Gasteiger partial charge in [-0.15, -0.1) is 0 Å². The fourth-order valence-electron chi connectivity index (χ4n) is 2.05. The second-order valence-corrected chi connectivity index (χ2v) is 4.75. The highest BCUT2D eigenvalue weighted by Crippen LogP contribution is 2.20. The van der Waals surface area contributed by atoms with Gasteiger partial charge in [0.05, 0.1) is 6.20 Å². The van der Waals surface area contributed by atoms with E-state index < -0.39 is 0 Å². The van der Waals surface area contributed by atoms with Crippen molar-refractivity contribution in [2.45, 2.75) is 13.8 Å². The Morgan fingerprint density at radius 3 is 2.38 bits per heavy atom. The molecule has 0 aliphatic carbocycles. The van der Waals surface area contributed by atoms with Gasteiger partial charge in [0.15, 0.2) is 0 Å². The highest BCUT2D eigenvalue weighted by atomic mass is 16.5. The van der Waals surface area contributed by atoms with Crippen LogP contribution in [0.15, 0.2) is 48.7 Å². The summed E-state index contributed by atoms with van der Waals surface area (Å²) in [5.74, 6) is 2.44. The van der Waals surface area contributed by atoms with E-state index in [-0.39, 0.29) is 0 Å². The highest BCUT2D eigenvalue weighted by Gasteiger charge is 2.00. The van der Waals surface area contributed by atoms with E-state index in [1.807, 2.05) is 42.5 Å². The molecule has 1 N–H and O–H groups in total. The van der Waals surface area contributed by atoms with E-state index in [4.69, 9.17) is 4.74 Å². The first-order chi connectivity index (χ1) is 10.3. The third-order valence-corrected chi connectivity index (χ3v) is 3.34. The average Bonchev–Trinajstić information content (AvgIpc) is 2.54. The molecule has 0 radical (unpaired) electrons. The first-order valence-corrected chi connectivity index (χ1v) is 7.47. The molecule has 0 fully saturated rings. The lowest BCUT2D eigenvalue weighted by Gasteiger charge is -2.18. The molecule has 1 aromatic heterocycles. The Morgan fingerprint density at radius 2 is 1.76 bits per heavy atom. The smallest absolute Gasteiger partial charge is 0.145 e. The van der Waals surface area contributed by atoms with Crippen molar-refractivity contribution in [2.75, 3.05) is 31.5 Å². The molecule has 2 aromatic rings. The van der Waals surface area contributed by atoms with E-state index in [0.717, 1.165) is 43.5 Å². The lowest BCUT2D eigenvalue weighted by molar-refractivity contribution is 0.316. The molecule has 0 bridgehead atoms. The van der Waals surface area contributed by atoms with Gasteiger partial charge in [-0.3, -0.25) is 0 Å². The van der Waals surface area contributed by atoms with E-state index in [1.54, 1.807) is 6.20 Å². The van der Waals surface area contributed by atoms with Crippen LogP contribution in [0.5, 0.6) is 11.5 Å². The van der Waals surface area contributed by atoms with E-state index in [2.05, 4.69) is 29.0 Å². The van der Waals surface area contributed by atoms with Crippen LogP contribution in [0.1, 0.15) is 13.8 Å². The number of pyridine rings is 1. The predicted molar refractivity (Wildman–Crippen MR) is 87.0 cm³/mol. The predicted octanol–water partition coefficient (Wildman–Crippen LogP) is 3.63. The van der Waals surface area contributed by atoms with Crippen molar-refractivity contribution in [1.29, 1.82) is 0 Å². The van der Waals surface area contributed by atoms with Gasteiger partial charge >= 0.3 is 0 Å². The number of benzene rings is 1. The summed E-state index contributed by atoms with van der Waals surface area (Å²) in [5, 5.41) is 3.33. The van der Waals surface area contributed by atoms with Crippen LogP contribution in [0.25, 0.3) is 0 Å². The monoisotopic (exact) mass is 285 g/mol. The SMILES string of the molecule is CCN(CC)CCNc1ccc(Oc2ccccc2)cn1. The van der Waals surface area contributed by atoms with Crippen molar-refractivity contribution < 1.29 is 4.74 Å². The Morgan fingerprint density at radius 1 is 1.00 bits per heavy atom. The lowest BCUT2D eigenvalue weighted by atomic mass is 10.3. The van der Waals surface area contributed by atoms with Gasteiger partial charge in [0.25, 0.3) is 0 Å². The van der Waals surface area contributed by atoms with Gasteiger partial charge in [-0.25, -0.2) is 4.98 Å². The molecular weight excluding hydrogens is 262 g/mol. The topological polar surface area (TPSA) is 37.4 Å². The molecule has 2 rings (SSSR count). The molecule has 0 aliphatic heterocycles. The zero-order chi connectivity index (χ0) is 14.9. The van der Waals surface area contributed by atoms with Crippen LogP contribution in [0.4, 0.5) is 5.82 Å². The first-order valence-electron chi connectivity index (χ1n) is 7.47. The summed E-state index contributed by atoms with van der Waals surface area (Å²) in [6.07, 6.45) is 1.74. The molecule has 4 heteroatoms. The van der Waals surface area contributed by atoms with Crippen LogP contribution in [-0.2, 0) is 0 Å². The Kier molecular flexibility index (Phi) is 6.03. The molecule has 0 saturated carbocycles. The maximum Gasteiger partial charge on any atom is 0.145 e. The van der Waals surface area contributed by atoms with Crippen LogP contribution < -0.4 is 10.1 Å². The second kappa shape index (κ2) is 8.27. The second-order valence-electron chi connectivity index (χ2n) is 4.75. The molecule has 0 amide bonds. The lowest BCUT2D eigenvalue weighted by Crippen LogP contribution is -2.28. The summed E-state index contributed by atoms with van der Waals surface area (Å²) in [5.41, 5.74) is 0. The van der Waals surface area contributed by atoms with Crippen LogP contribution >= 0.6 is 0 Å². The molecule has 1 aromatic carbocycles. The Labute approximate surface area is 126 Å². The number of nitrogens with zero attached hydrogens (tertiary/aromatic N) is 2. The quantitative estimate of drug-likeness (QED) is 0.803. The number of rotatable bonds is 8. The normalized spacial score (nSPS) is 10.6. The summed E-state index contributed by atoms with van der Waals surface area (Å²) in [7, 11) is 0. The van der Waals surface area contributed by atoms with Crippen LogP contribution in [-0.4, -0.2) is 36.1 Å². The Balaban J connectivity index is 1.82. The minimum atomic E-state index is 0.746. The summed E-state index contributed by atoms with van der Waals surface area (Å²) >= 11 is 0. The number of para-hydroxylation sites is 1. The molecule has 0 aliphatic rings. The molecule has 0 atom stereocenters. The fraction of sp³-hybridized carbons (Fsp3) is 0.353. The molecule has 1 heterocycles. The first kappa shape index (κ1) is 15.3. The fourth-order valence-corrected chi connectivity index (χ4v) is 2.05. The van der Waals surface area contributed by atoms with Gasteiger partial charge < -0.3 is 15.0 Å². The van der Waals surface area contributed by atoms with Crippen LogP contribution in [0, 0.1) is 0 Å². The zero-order valence-electron chi connectivity index (χ0n) is 12.7. The van der Waals surface area contributed by atoms with Crippen LogP contribution in [0.2, 0.25) is 0 Å². The van der Waals surface area contributed by atoms with E-state index in [0.29, 0.717) is 0 Å². The summed E-state index contributed by atoms with van der Waals surface area (Å²) in [6, 6.07) is 13.6. The third-order valence-electron chi connectivity index (χ3n) is 3.34. The van der Waals surface area contributed by atoms with Gasteiger partial charge in [0, 0.05) is 13.1 Å². The summed E-state index contributed by atoms with van der Waals surface area (Å²) in [4.78, 5) is 6.74. The molecule has 112 valence electrons. The molecule has 0 spiro atoms. The van der Waals surface area contributed by atoms with Gasteiger partial charge in [-0.1, -0.05) is 32.0 Å². The van der Waals surface area contributed by atoms with Crippen LogP contribution in [0.3, 0.4) is 0 Å². The Hall–Kier alpha value is -2.07. The van der Waals surface area contributed by atoms with E-state index >= 15 is 0 Å². The number of likely N-dealkylation sites (N-methyl/N-ethyl adjacent to an activating group) is 1. The van der Waals surface area contributed by atoms with E-state index in [1.165, 1.54) is 0 Å². The molecule has 0 saturated heterocycles. The van der Waals surface area contributed by atoms with Gasteiger partial charge in [0.1, 0.15) is 17.3 Å². The average molecular weight is 285 g/mol. The number of aromatic nitrogens is 1. The number of hydrogen-bond acceptors (Lipinski definition) is 4. The maximum absolute atomic E-state index is 5.71. The summed E-state index contributed by atoms with van der Waals surface area (Å²) in [6.45, 7) is 8.43. The number of ether oxygens (including phenoxy) is 1. The molecular formula is C17H23N3O. The van der Waals surface area contributed by atoms with Crippen molar-refractivity contribution in [3.8, 4) is 11.5 Å². The van der Waals surface area contributed by atoms with Crippen molar-refractivity contribution in [1.82, 2.24) is 9.88 Å². The number of anilines is 1. The van der Waals surface area contributed by atoms with Gasteiger partial charge in [0.2, 0.25) is 0 Å². The Bertz CT molecular complexity index is 509. The molecule has 0 unspecified atom stereocenters. The van der Waals surface area contributed by atoms with Crippen molar-refractivity contribution in [2.24, 2.45) is 0 Å². The largest absolute Gasteiger partial charge is 0.456 e. The van der Waals surface area contributed by atoms with Crippen molar-refractivity contribution >= 4 is 5.82 Å². The minimum Gasteiger partial charge on any atom is -0.456 e. The standard InChI is InChI=1S/C17H23N3O/c1-3-20(4-2)13-12-18-17-11-10-16(14-19-17)21-15-8-6-5-7-9-15/h5-11,14H,3-4,12-13H2,1-2H3,(H,18,19). The van der Waals surface area contributed by atoms with Gasteiger partial charge in [-0.2, -0.15) is 0 Å². The minimum absolute atomic E-state index is 0.746.